The number of carbonyl (C=O) groups is 1. The highest BCUT2D eigenvalue weighted by Gasteiger charge is 2.23. The Hall–Kier alpha value is -0.570. The number of rotatable bonds is 4. The minimum atomic E-state index is 0.100. The third kappa shape index (κ3) is 5.38. The Kier molecular flexibility index (Phi) is 6.13. The van der Waals surface area contributed by atoms with E-state index in [0.29, 0.717) is 18.4 Å². The zero-order chi connectivity index (χ0) is 13.6. The van der Waals surface area contributed by atoms with Gasteiger partial charge in [0.15, 0.2) is 0 Å². The summed E-state index contributed by atoms with van der Waals surface area (Å²) in [7, 11) is 0. The monoisotopic (exact) mass is 254 g/mol. The summed E-state index contributed by atoms with van der Waals surface area (Å²) in [6, 6.07) is 0.481. The van der Waals surface area contributed by atoms with Crippen molar-refractivity contribution in [1.29, 1.82) is 0 Å². The Morgan fingerprint density at radius 2 is 2.00 bits per heavy atom. The van der Waals surface area contributed by atoms with E-state index in [-0.39, 0.29) is 5.54 Å². The molecule has 3 nitrogen and oxygen atoms in total. The molecule has 1 fully saturated rings. The third-order valence-corrected chi connectivity index (χ3v) is 3.66. The molecule has 1 heterocycles. The van der Waals surface area contributed by atoms with Gasteiger partial charge in [-0.25, -0.2) is 0 Å². The molecule has 0 aromatic carbocycles. The van der Waals surface area contributed by atoms with Crippen molar-refractivity contribution in [3.8, 4) is 0 Å². The number of hydrogen-bond donors (Lipinski definition) is 1. The van der Waals surface area contributed by atoms with Crippen molar-refractivity contribution >= 4 is 5.91 Å². The zero-order valence-electron chi connectivity index (χ0n) is 12.6. The highest BCUT2D eigenvalue weighted by molar-refractivity contribution is 5.76. The summed E-state index contributed by atoms with van der Waals surface area (Å²) in [5, 5.41) is 3.39. The Balaban J connectivity index is 2.42. The van der Waals surface area contributed by atoms with Crippen molar-refractivity contribution in [3.05, 3.63) is 0 Å². The van der Waals surface area contributed by atoms with E-state index in [1.54, 1.807) is 0 Å². The summed E-state index contributed by atoms with van der Waals surface area (Å²) in [5.41, 5.74) is 0.100. The van der Waals surface area contributed by atoms with E-state index < -0.39 is 0 Å². The van der Waals surface area contributed by atoms with Crippen LogP contribution in [0.3, 0.4) is 0 Å². The Labute approximate surface area is 112 Å². The van der Waals surface area contributed by atoms with Gasteiger partial charge in [0, 0.05) is 31.1 Å². The number of amides is 1. The molecule has 1 atom stereocenters. The molecule has 0 saturated carbocycles. The van der Waals surface area contributed by atoms with Crippen LogP contribution in [0, 0.1) is 0 Å². The summed E-state index contributed by atoms with van der Waals surface area (Å²) in [5.74, 6) is 0.334. The fourth-order valence-electron chi connectivity index (χ4n) is 2.62. The largest absolute Gasteiger partial charge is 0.340 e. The number of nitrogens with one attached hydrogen (secondary N) is 1. The molecule has 0 aliphatic carbocycles. The van der Waals surface area contributed by atoms with Crippen molar-refractivity contribution in [2.24, 2.45) is 0 Å². The fourth-order valence-corrected chi connectivity index (χ4v) is 2.62. The lowest BCUT2D eigenvalue weighted by molar-refractivity contribution is -0.133. The van der Waals surface area contributed by atoms with Gasteiger partial charge in [0.2, 0.25) is 5.91 Å². The lowest BCUT2D eigenvalue weighted by Gasteiger charge is -2.30. The summed E-state index contributed by atoms with van der Waals surface area (Å²) in [6.45, 7) is 10.4. The van der Waals surface area contributed by atoms with Crippen molar-refractivity contribution in [2.75, 3.05) is 13.1 Å². The lowest BCUT2D eigenvalue weighted by Crippen LogP contribution is -2.43. The number of nitrogens with zero attached hydrogens (tertiary/aromatic N) is 1. The second-order valence-electron chi connectivity index (χ2n) is 6.43. The maximum Gasteiger partial charge on any atom is 0.224 e. The first-order valence-electron chi connectivity index (χ1n) is 7.48. The highest BCUT2D eigenvalue weighted by atomic mass is 16.2. The van der Waals surface area contributed by atoms with Crippen LogP contribution in [0.5, 0.6) is 0 Å². The molecule has 106 valence electrons. The van der Waals surface area contributed by atoms with Gasteiger partial charge in [-0.3, -0.25) is 4.79 Å². The Morgan fingerprint density at radius 1 is 1.28 bits per heavy atom. The number of likely N-dealkylation sites (tertiary alicyclic amines) is 1. The van der Waals surface area contributed by atoms with Gasteiger partial charge in [-0.1, -0.05) is 19.8 Å². The van der Waals surface area contributed by atoms with E-state index >= 15 is 0 Å². The van der Waals surface area contributed by atoms with Gasteiger partial charge in [-0.2, -0.15) is 0 Å². The first-order valence-corrected chi connectivity index (χ1v) is 7.48. The average Bonchev–Trinajstić information content (AvgIpc) is 2.51. The van der Waals surface area contributed by atoms with Crippen LogP contribution in [0.4, 0.5) is 0 Å². The van der Waals surface area contributed by atoms with Crippen molar-refractivity contribution in [2.45, 2.75) is 77.8 Å². The van der Waals surface area contributed by atoms with Gasteiger partial charge in [-0.05, 0) is 40.0 Å². The molecule has 0 spiro atoms. The molecule has 1 aliphatic rings. The van der Waals surface area contributed by atoms with Crippen LogP contribution < -0.4 is 5.32 Å². The fraction of sp³-hybridized carbons (Fsp3) is 0.933. The Morgan fingerprint density at radius 3 is 2.61 bits per heavy atom. The summed E-state index contributed by atoms with van der Waals surface area (Å²) < 4.78 is 0. The first-order chi connectivity index (χ1) is 8.44. The van der Waals surface area contributed by atoms with Gasteiger partial charge in [-0.15, -0.1) is 0 Å². The topological polar surface area (TPSA) is 32.3 Å². The molecule has 1 saturated heterocycles. The van der Waals surface area contributed by atoms with Crippen molar-refractivity contribution in [3.63, 3.8) is 0 Å². The van der Waals surface area contributed by atoms with E-state index in [0.717, 1.165) is 19.5 Å². The predicted molar refractivity (Wildman–Crippen MR) is 76.6 cm³/mol. The van der Waals surface area contributed by atoms with Crippen molar-refractivity contribution in [1.82, 2.24) is 10.2 Å². The van der Waals surface area contributed by atoms with Crippen molar-refractivity contribution < 1.29 is 4.79 Å². The minimum absolute atomic E-state index is 0.100. The van der Waals surface area contributed by atoms with Crippen LogP contribution in [-0.2, 0) is 4.79 Å². The van der Waals surface area contributed by atoms with Crippen LogP contribution in [0.15, 0.2) is 0 Å². The third-order valence-electron chi connectivity index (χ3n) is 3.66. The van der Waals surface area contributed by atoms with Crippen LogP contribution in [0.25, 0.3) is 0 Å². The average molecular weight is 254 g/mol. The molecule has 1 unspecified atom stereocenters. The second kappa shape index (κ2) is 7.13. The van der Waals surface area contributed by atoms with Gasteiger partial charge < -0.3 is 10.2 Å². The predicted octanol–water partition coefficient (Wildman–Crippen LogP) is 2.95. The van der Waals surface area contributed by atoms with E-state index in [4.69, 9.17) is 0 Å². The summed E-state index contributed by atoms with van der Waals surface area (Å²) >= 11 is 0. The second-order valence-corrected chi connectivity index (χ2v) is 6.43. The van der Waals surface area contributed by atoms with Crippen LogP contribution in [-0.4, -0.2) is 35.5 Å². The first kappa shape index (κ1) is 15.5. The molecule has 1 rings (SSSR count). The van der Waals surface area contributed by atoms with Crippen LogP contribution >= 0.6 is 0 Å². The quantitative estimate of drug-likeness (QED) is 0.836. The van der Waals surface area contributed by atoms with E-state index in [1.807, 2.05) is 0 Å². The smallest absolute Gasteiger partial charge is 0.224 e. The van der Waals surface area contributed by atoms with Gasteiger partial charge >= 0.3 is 0 Å². The highest BCUT2D eigenvalue weighted by Crippen LogP contribution is 2.19. The van der Waals surface area contributed by atoms with E-state index in [1.165, 1.54) is 25.7 Å². The van der Waals surface area contributed by atoms with Crippen LogP contribution in [0.2, 0.25) is 0 Å². The molecule has 0 bridgehead atoms. The Bertz CT molecular complexity index is 258. The molecule has 0 aromatic heterocycles. The zero-order valence-corrected chi connectivity index (χ0v) is 12.6. The van der Waals surface area contributed by atoms with Crippen LogP contribution in [0.1, 0.15) is 66.2 Å². The number of hydrogen-bond acceptors (Lipinski definition) is 2. The van der Waals surface area contributed by atoms with Gasteiger partial charge in [0.05, 0.1) is 0 Å². The molecule has 1 amide bonds. The molecule has 0 aromatic rings. The standard InChI is InChI=1S/C15H30N2O/c1-5-13-9-7-6-8-12-17(13)14(18)10-11-16-15(2,3)4/h13,16H,5-12H2,1-4H3. The molecular weight excluding hydrogens is 224 g/mol. The molecular formula is C15H30N2O. The maximum atomic E-state index is 12.3. The summed E-state index contributed by atoms with van der Waals surface area (Å²) in [4.78, 5) is 14.4. The van der Waals surface area contributed by atoms with E-state index in [2.05, 4.69) is 37.9 Å². The molecule has 3 heteroatoms. The van der Waals surface area contributed by atoms with Gasteiger partial charge in [0.1, 0.15) is 0 Å². The normalized spacial score (nSPS) is 21.8. The lowest BCUT2D eigenvalue weighted by atomic mass is 10.1. The molecule has 0 radical (unpaired) electrons. The molecule has 1 N–H and O–H groups in total. The van der Waals surface area contributed by atoms with Gasteiger partial charge in [0.25, 0.3) is 0 Å². The maximum absolute atomic E-state index is 12.3. The number of carbonyl (C=O) groups excluding carboxylic acids is 1. The SMILES string of the molecule is CCC1CCCCCN1C(=O)CCNC(C)(C)C. The van der Waals surface area contributed by atoms with E-state index in [9.17, 15) is 4.79 Å². The minimum Gasteiger partial charge on any atom is -0.340 e. The summed E-state index contributed by atoms with van der Waals surface area (Å²) in [6.07, 6.45) is 6.65. The molecule has 18 heavy (non-hydrogen) atoms. The molecule has 1 aliphatic heterocycles.